The van der Waals surface area contributed by atoms with Crippen molar-refractivity contribution in [2.45, 2.75) is 0 Å². The van der Waals surface area contributed by atoms with Crippen LogP contribution in [0.1, 0.15) is 0 Å². The normalized spacial score (nSPS) is 10.4. The van der Waals surface area contributed by atoms with Gasteiger partial charge in [0.05, 0.1) is 5.52 Å². The fourth-order valence-electron chi connectivity index (χ4n) is 1.36. The standard InChI is InChI=1S/C9H10N4O3/c1-13(8(14)12-10)5-2-3-7-6(4-5)11-9(15)16-7/h2-4H,10H2,1H3,(H,11,15)(H,12,14). The molecule has 0 unspecified atom stereocenters. The molecule has 0 saturated heterocycles. The number of carbonyl (C=O) groups is 1. The minimum absolute atomic E-state index is 0.440. The molecule has 1 aromatic heterocycles. The molecule has 0 aliphatic carbocycles. The number of nitrogens with two attached hydrogens (primary N) is 1. The maximum atomic E-state index is 11.2. The summed E-state index contributed by atoms with van der Waals surface area (Å²) < 4.78 is 4.83. The first-order chi connectivity index (χ1) is 7.61. The highest BCUT2D eigenvalue weighted by atomic mass is 16.4. The zero-order chi connectivity index (χ0) is 11.7. The summed E-state index contributed by atoms with van der Waals surface area (Å²) in [5.41, 5.74) is 3.57. The summed E-state index contributed by atoms with van der Waals surface area (Å²) in [5, 5.41) is 0. The second-order valence-electron chi connectivity index (χ2n) is 3.20. The van der Waals surface area contributed by atoms with Crippen LogP contribution in [0.3, 0.4) is 0 Å². The van der Waals surface area contributed by atoms with Gasteiger partial charge in [0.15, 0.2) is 5.58 Å². The third-order valence-electron chi connectivity index (χ3n) is 2.22. The molecule has 16 heavy (non-hydrogen) atoms. The summed E-state index contributed by atoms with van der Waals surface area (Å²) in [7, 11) is 1.56. The molecule has 2 rings (SSSR count). The van der Waals surface area contributed by atoms with E-state index in [-0.39, 0.29) is 0 Å². The van der Waals surface area contributed by atoms with Crippen molar-refractivity contribution in [2.75, 3.05) is 11.9 Å². The van der Waals surface area contributed by atoms with E-state index in [1.807, 2.05) is 5.43 Å². The van der Waals surface area contributed by atoms with Crippen LogP contribution in [0.25, 0.3) is 11.1 Å². The van der Waals surface area contributed by atoms with E-state index in [9.17, 15) is 9.59 Å². The summed E-state index contributed by atoms with van der Waals surface area (Å²) in [6.07, 6.45) is 0. The van der Waals surface area contributed by atoms with Gasteiger partial charge in [-0.25, -0.2) is 15.4 Å². The van der Waals surface area contributed by atoms with E-state index in [1.54, 1.807) is 25.2 Å². The first kappa shape index (κ1) is 10.2. The number of amides is 2. The molecule has 0 bridgehead atoms. The van der Waals surface area contributed by atoms with Crippen molar-refractivity contribution in [1.29, 1.82) is 0 Å². The SMILES string of the molecule is CN(C(=O)NN)c1ccc2oc(=O)[nH]c2c1. The van der Waals surface area contributed by atoms with Crippen LogP contribution in [0.15, 0.2) is 27.4 Å². The van der Waals surface area contributed by atoms with Gasteiger partial charge in [0, 0.05) is 12.7 Å². The number of hydrogen-bond donors (Lipinski definition) is 3. The molecule has 0 fully saturated rings. The highest BCUT2D eigenvalue weighted by Gasteiger charge is 2.10. The van der Waals surface area contributed by atoms with Crippen LogP contribution < -0.4 is 21.9 Å². The molecule has 2 amide bonds. The smallest absolute Gasteiger partial charge is 0.408 e. The van der Waals surface area contributed by atoms with Crippen molar-refractivity contribution in [1.82, 2.24) is 10.4 Å². The van der Waals surface area contributed by atoms with E-state index in [4.69, 9.17) is 10.3 Å². The van der Waals surface area contributed by atoms with Crippen molar-refractivity contribution in [2.24, 2.45) is 5.84 Å². The Morgan fingerprint density at radius 3 is 3.00 bits per heavy atom. The Labute approximate surface area is 89.8 Å². The molecular weight excluding hydrogens is 212 g/mol. The van der Waals surface area contributed by atoms with Crippen molar-refractivity contribution in [3.05, 3.63) is 28.7 Å². The fraction of sp³-hybridized carbons (Fsp3) is 0.111. The number of anilines is 1. The van der Waals surface area contributed by atoms with Crippen molar-refractivity contribution in [3.63, 3.8) is 0 Å². The zero-order valence-corrected chi connectivity index (χ0v) is 8.48. The van der Waals surface area contributed by atoms with Crippen LogP contribution in [0.2, 0.25) is 0 Å². The van der Waals surface area contributed by atoms with Gasteiger partial charge in [-0.05, 0) is 18.2 Å². The molecule has 4 N–H and O–H groups in total. The Balaban J connectivity index is 2.46. The van der Waals surface area contributed by atoms with E-state index in [2.05, 4.69) is 4.98 Å². The number of hydrazine groups is 1. The first-order valence-electron chi connectivity index (χ1n) is 4.49. The third kappa shape index (κ3) is 1.63. The molecule has 2 aromatic rings. The lowest BCUT2D eigenvalue weighted by molar-refractivity contribution is 0.248. The minimum atomic E-state index is -0.530. The fourth-order valence-corrected chi connectivity index (χ4v) is 1.36. The highest BCUT2D eigenvalue weighted by Crippen LogP contribution is 2.18. The van der Waals surface area contributed by atoms with Gasteiger partial charge < -0.3 is 4.42 Å². The van der Waals surface area contributed by atoms with E-state index in [0.29, 0.717) is 16.8 Å². The Morgan fingerprint density at radius 1 is 1.56 bits per heavy atom. The summed E-state index contributed by atoms with van der Waals surface area (Å²) in [4.78, 5) is 26.0. The van der Waals surface area contributed by atoms with Crippen LogP contribution in [-0.2, 0) is 0 Å². The number of urea groups is 1. The maximum Gasteiger partial charge on any atom is 0.417 e. The topological polar surface area (TPSA) is 104 Å². The maximum absolute atomic E-state index is 11.2. The molecule has 0 aliphatic heterocycles. The number of aromatic nitrogens is 1. The summed E-state index contributed by atoms with van der Waals surface area (Å²) >= 11 is 0. The minimum Gasteiger partial charge on any atom is -0.408 e. The van der Waals surface area contributed by atoms with Gasteiger partial charge in [-0.15, -0.1) is 0 Å². The monoisotopic (exact) mass is 222 g/mol. The van der Waals surface area contributed by atoms with Crippen LogP contribution in [0, 0.1) is 0 Å². The number of hydrogen-bond acceptors (Lipinski definition) is 4. The second kappa shape index (κ2) is 3.70. The number of benzene rings is 1. The average molecular weight is 222 g/mol. The van der Waals surface area contributed by atoms with Crippen LogP contribution in [0.5, 0.6) is 0 Å². The molecule has 1 heterocycles. The number of nitrogens with zero attached hydrogens (tertiary/aromatic N) is 1. The molecular formula is C9H10N4O3. The van der Waals surface area contributed by atoms with Crippen molar-refractivity contribution < 1.29 is 9.21 Å². The number of aromatic amines is 1. The molecule has 84 valence electrons. The van der Waals surface area contributed by atoms with Gasteiger partial charge in [0.2, 0.25) is 0 Å². The lowest BCUT2D eigenvalue weighted by Gasteiger charge is -2.15. The lowest BCUT2D eigenvalue weighted by atomic mass is 10.3. The largest absolute Gasteiger partial charge is 0.417 e. The summed E-state index contributed by atoms with van der Waals surface area (Å²) in [6, 6.07) is 4.41. The number of fused-ring (bicyclic) bond motifs is 1. The lowest BCUT2D eigenvalue weighted by Crippen LogP contribution is -2.41. The Kier molecular flexibility index (Phi) is 2.37. The summed E-state index contributed by atoms with van der Waals surface area (Å²) in [5.74, 6) is 4.48. The van der Waals surface area contributed by atoms with Gasteiger partial charge in [-0.3, -0.25) is 15.3 Å². The van der Waals surface area contributed by atoms with Gasteiger partial charge in [-0.2, -0.15) is 0 Å². The Morgan fingerprint density at radius 2 is 2.31 bits per heavy atom. The van der Waals surface area contributed by atoms with Crippen LogP contribution in [0.4, 0.5) is 10.5 Å². The summed E-state index contributed by atoms with van der Waals surface area (Å²) in [6.45, 7) is 0. The molecule has 7 nitrogen and oxygen atoms in total. The number of carbonyl (C=O) groups excluding carboxylic acids is 1. The van der Waals surface area contributed by atoms with Crippen LogP contribution in [-0.4, -0.2) is 18.1 Å². The first-order valence-corrected chi connectivity index (χ1v) is 4.49. The molecule has 0 spiro atoms. The number of rotatable bonds is 1. The van der Waals surface area contributed by atoms with Crippen molar-refractivity contribution in [3.8, 4) is 0 Å². The van der Waals surface area contributed by atoms with E-state index in [0.717, 1.165) is 0 Å². The second-order valence-corrected chi connectivity index (χ2v) is 3.20. The molecule has 0 atom stereocenters. The third-order valence-corrected chi connectivity index (χ3v) is 2.22. The highest BCUT2D eigenvalue weighted by molar-refractivity contribution is 5.93. The Bertz CT molecular complexity index is 586. The molecule has 0 aliphatic rings. The number of oxazole rings is 1. The molecule has 1 aromatic carbocycles. The Hall–Kier alpha value is -2.28. The quantitative estimate of drug-likeness (QED) is 0.362. The van der Waals surface area contributed by atoms with Gasteiger partial charge in [-0.1, -0.05) is 0 Å². The van der Waals surface area contributed by atoms with Crippen molar-refractivity contribution >= 4 is 22.8 Å². The van der Waals surface area contributed by atoms with E-state index in [1.165, 1.54) is 4.90 Å². The van der Waals surface area contributed by atoms with Gasteiger partial charge in [0.25, 0.3) is 0 Å². The average Bonchev–Trinajstić information content (AvgIpc) is 2.65. The number of H-pyrrole nitrogens is 1. The molecule has 0 radical (unpaired) electrons. The zero-order valence-electron chi connectivity index (χ0n) is 8.48. The van der Waals surface area contributed by atoms with Gasteiger partial charge >= 0.3 is 11.8 Å². The molecule has 0 saturated carbocycles. The van der Waals surface area contributed by atoms with E-state index < -0.39 is 11.8 Å². The van der Waals surface area contributed by atoms with E-state index >= 15 is 0 Å². The predicted molar refractivity (Wildman–Crippen MR) is 58.0 cm³/mol. The van der Waals surface area contributed by atoms with Gasteiger partial charge in [0.1, 0.15) is 0 Å². The van der Waals surface area contributed by atoms with Crippen LogP contribution >= 0.6 is 0 Å². The number of nitrogens with one attached hydrogen (secondary N) is 2. The molecule has 7 heteroatoms. The predicted octanol–water partition coefficient (Wildman–Crippen LogP) is 0.141.